The van der Waals surface area contributed by atoms with Crippen LogP contribution < -0.4 is 4.31 Å². The molecule has 0 saturated carbocycles. The molecule has 0 atom stereocenters. The molecule has 0 fully saturated rings. The van der Waals surface area contributed by atoms with Crippen molar-refractivity contribution in [2.75, 3.05) is 11.4 Å². The van der Waals surface area contributed by atoms with Gasteiger partial charge in [-0.25, -0.2) is 13.2 Å². The first-order valence-electron chi connectivity index (χ1n) is 6.13. The third-order valence-corrected chi connectivity index (χ3v) is 6.60. The summed E-state index contributed by atoms with van der Waals surface area (Å²) in [6.07, 6.45) is 0. The molecule has 2 aromatic rings. The fourth-order valence-electron chi connectivity index (χ4n) is 2.06. The molecule has 0 spiro atoms. The fourth-order valence-corrected chi connectivity index (χ4v) is 5.09. The third-order valence-electron chi connectivity index (χ3n) is 3.06. The van der Waals surface area contributed by atoms with Gasteiger partial charge in [-0.15, -0.1) is 11.3 Å². The number of hydrogen-bond acceptors (Lipinski definition) is 4. The second-order valence-corrected chi connectivity index (χ2v) is 8.04. The maximum absolute atomic E-state index is 12.7. The van der Waals surface area contributed by atoms with Gasteiger partial charge < -0.3 is 5.11 Å². The van der Waals surface area contributed by atoms with Gasteiger partial charge in [-0.1, -0.05) is 12.1 Å². The van der Waals surface area contributed by atoms with Gasteiger partial charge in [-0.2, -0.15) is 0 Å². The Balaban J connectivity index is 2.56. The molecular formula is C14H15NO4S2. The van der Waals surface area contributed by atoms with Crippen LogP contribution in [0.3, 0.4) is 0 Å². The predicted octanol–water partition coefficient (Wildman–Crippen LogP) is 2.89. The van der Waals surface area contributed by atoms with E-state index in [1.54, 1.807) is 25.1 Å². The largest absolute Gasteiger partial charge is 0.478 e. The summed E-state index contributed by atoms with van der Waals surface area (Å²) in [5.41, 5.74) is 0.766. The lowest BCUT2D eigenvalue weighted by Crippen LogP contribution is -2.28. The van der Waals surface area contributed by atoms with E-state index in [1.165, 1.54) is 30.5 Å². The zero-order valence-corrected chi connectivity index (χ0v) is 13.5. The number of aryl methyl sites for hydroxylation is 2. The minimum atomic E-state index is -3.77. The van der Waals surface area contributed by atoms with Gasteiger partial charge >= 0.3 is 5.97 Å². The van der Waals surface area contributed by atoms with Crippen LogP contribution in [-0.4, -0.2) is 26.5 Å². The Morgan fingerprint density at radius 2 is 1.86 bits per heavy atom. The normalized spacial score (nSPS) is 11.4. The van der Waals surface area contributed by atoms with E-state index in [-0.39, 0.29) is 15.5 Å². The Bertz CT molecular complexity index is 793. The van der Waals surface area contributed by atoms with Crippen molar-refractivity contribution in [2.45, 2.75) is 18.1 Å². The van der Waals surface area contributed by atoms with Crippen molar-refractivity contribution in [1.82, 2.24) is 0 Å². The number of carboxylic acid groups (broad SMARTS) is 1. The number of benzene rings is 1. The van der Waals surface area contributed by atoms with Gasteiger partial charge in [0.1, 0.15) is 4.21 Å². The zero-order chi connectivity index (χ0) is 15.8. The van der Waals surface area contributed by atoms with Crippen molar-refractivity contribution in [3.63, 3.8) is 0 Å². The maximum Gasteiger partial charge on any atom is 0.337 e. The molecular weight excluding hydrogens is 310 g/mol. The summed E-state index contributed by atoms with van der Waals surface area (Å²) in [4.78, 5) is 12.1. The first kappa shape index (κ1) is 15.5. The lowest BCUT2D eigenvalue weighted by molar-refractivity contribution is 0.0698. The Labute approximate surface area is 127 Å². The van der Waals surface area contributed by atoms with Crippen LogP contribution in [0.5, 0.6) is 0 Å². The smallest absolute Gasteiger partial charge is 0.337 e. The minimum Gasteiger partial charge on any atom is -0.478 e. The van der Waals surface area contributed by atoms with E-state index < -0.39 is 16.0 Å². The summed E-state index contributed by atoms with van der Waals surface area (Å²) >= 11 is 1.18. The van der Waals surface area contributed by atoms with Gasteiger partial charge in [0.15, 0.2) is 0 Å². The van der Waals surface area contributed by atoms with Crippen LogP contribution in [0.2, 0.25) is 0 Å². The molecule has 21 heavy (non-hydrogen) atoms. The lowest BCUT2D eigenvalue weighted by Gasteiger charge is -2.20. The van der Waals surface area contributed by atoms with Crippen LogP contribution >= 0.6 is 11.3 Å². The number of sulfonamides is 1. The van der Waals surface area contributed by atoms with Gasteiger partial charge in [-0.3, -0.25) is 4.31 Å². The van der Waals surface area contributed by atoms with Crippen molar-refractivity contribution in [3.05, 3.63) is 46.3 Å². The molecule has 0 bridgehead atoms. The van der Waals surface area contributed by atoms with Crippen molar-refractivity contribution in [1.29, 1.82) is 0 Å². The number of rotatable bonds is 4. The quantitative estimate of drug-likeness (QED) is 0.938. The maximum atomic E-state index is 12.7. The highest BCUT2D eigenvalue weighted by Crippen LogP contribution is 2.32. The number of hydrogen-bond donors (Lipinski definition) is 1. The summed E-state index contributed by atoms with van der Waals surface area (Å²) in [6, 6.07) is 7.84. The molecule has 0 amide bonds. The van der Waals surface area contributed by atoms with Crippen molar-refractivity contribution < 1.29 is 18.3 Å². The highest BCUT2D eigenvalue weighted by molar-refractivity contribution is 7.94. The molecule has 0 aliphatic heterocycles. The number of carbonyl (C=O) groups is 1. The second-order valence-electron chi connectivity index (χ2n) is 4.62. The highest BCUT2D eigenvalue weighted by Gasteiger charge is 2.27. The highest BCUT2D eigenvalue weighted by atomic mass is 32.2. The first-order chi connectivity index (χ1) is 9.75. The zero-order valence-electron chi connectivity index (χ0n) is 11.8. The summed E-state index contributed by atoms with van der Waals surface area (Å²) in [5, 5.41) is 9.19. The van der Waals surface area contributed by atoms with Crippen LogP contribution in [0, 0.1) is 13.8 Å². The third kappa shape index (κ3) is 2.79. The Morgan fingerprint density at radius 1 is 1.24 bits per heavy atom. The summed E-state index contributed by atoms with van der Waals surface area (Å²) in [6.45, 7) is 3.56. The molecule has 0 aliphatic carbocycles. The van der Waals surface area contributed by atoms with Crippen LogP contribution in [-0.2, 0) is 10.0 Å². The van der Waals surface area contributed by atoms with E-state index in [2.05, 4.69) is 0 Å². The summed E-state index contributed by atoms with van der Waals surface area (Å²) in [7, 11) is -2.40. The number of anilines is 1. The molecule has 0 unspecified atom stereocenters. The number of nitrogens with zero attached hydrogens (tertiary/aromatic N) is 1. The first-order valence-corrected chi connectivity index (χ1v) is 8.39. The van der Waals surface area contributed by atoms with Gasteiger partial charge in [-0.05, 0) is 37.6 Å². The molecule has 5 nitrogen and oxygen atoms in total. The Kier molecular flexibility index (Phi) is 4.06. The number of thiophene rings is 1. The lowest BCUT2D eigenvalue weighted by atomic mass is 10.2. The SMILES string of the molecule is Cc1cc(C)c(S(=O)(=O)N(C)c2ccccc2C(=O)O)s1. The summed E-state index contributed by atoms with van der Waals surface area (Å²) < 4.78 is 26.6. The topological polar surface area (TPSA) is 74.7 Å². The van der Waals surface area contributed by atoms with Gasteiger partial charge in [0.25, 0.3) is 10.0 Å². The van der Waals surface area contributed by atoms with Crippen molar-refractivity contribution in [3.8, 4) is 0 Å². The van der Waals surface area contributed by atoms with E-state index in [0.29, 0.717) is 5.56 Å². The average molecular weight is 325 g/mol. The van der Waals surface area contributed by atoms with Gasteiger partial charge in [0.05, 0.1) is 11.3 Å². The van der Waals surface area contributed by atoms with Crippen LogP contribution in [0.1, 0.15) is 20.8 Å². The van der Waals surface area contributed by atoms with Crippen molar-refractivity contribution in [2.24, 2.45) is 0 Å². The molecule has 1 N–H and O–H groups in total. The Morgan fingerprint density at radius 3 is 2.38 bits per heavy atom. The molecule has 2 rings (SSSR count). The standard InChI is InChI=1S/C14H15NO4S2/c1-9-8-10(2)20-14(9)21(18,19)15(3)12-7-5-4-6-11(12)13(16)17/h4-8H,1-3H3,(H,16,17). The van der Waals surface area contributed by atoms with Crippen LogP contribution in [0.15, 0.2) is 34.5 Å². The predicted molar refractivity (Wildman–Crippen MR) is 82.8 cm³/mol. The molecule has 7 heteroatoms. The molecule has 0 saturated heterocycles. The number of aromatic carboxylic acids is 1. The Hall–Kier alpha value is -1.86. The van der Waals surface area contributed by atoms with Gasteiger partial charge in [0.2, 0.25) is 0 Å². The molecule has 112 valence electrons. The average Bonchev–Trinajstić information content (AvgIpc) is 2.77. The van der Waals surface area contributed by atoms with Gasteiger partial charge in [0, 0.05) is 11.9 Å². The molecule has 0 aliphatic rings. The van der Waals surface area contributed by atoms with E-state index >= 15 is 0 Å². The van der Waals surface area contributed by atoms with E-state index in [4.69, 9.17) is 0 Å². The molecule has 0 radical (unpaired) electrons. The minimum absolute atomic E-state index is 0.0468. The summed E-state index contributed by atoms with van der Waals surface area (Å²) in [5.74, 6) is -1.16. The van der Waals surface area contributed by atoms with E-state index in [9.17, 15) is 18.3 Å². The molecule has 1 aromatic carbocycles. The monoisotopic (exact) mass is 325 g/mol. The van der Waals surface area contributed by atoms with E-state index in [1.807, 2.05) is 6.92 Å². The molecule has 1 heterocycles. The number of carboxylic acids is 1. The van der Waals surface area contributed by atoms with Crippen LogP contribution in [0.25, 0.3) is 0 Å². The number of para-hydroxylation sites is 1. The molecule has 1 aromatic heterocycles. The van der Waals surface area contributed by atoms with Crippen LogP contribution in [0.4, 0.5) is 5.69 Å². The second kappa shape index (κ2) is 5.50. The fraction of sp³-hybridized carbons (Fsp3) is 0.214. The van der Waals surface area contributed by atoms with E-state index in [0.717, 1.165) is 9.18 Å². The van der Waals surface area contributed by atoms with Crippen molar-refractivity contribution >= 4 is 33.0 Å².